The molecule has 4 rings (SSSR count). The van der Waals surface area contributed by atoms with Gasteiger partial charge in [0.25, 0.3) is 5.56 Å². The number of ether oxygens (including phenoxy) is 1. The Morgan fingerprint density at radius 1 is 1.19 bits per heavy atom. The van der Waals surface area contributed by atoms with Crippen molar-refractivity contribution in [1.29, 1.82) is 0 Å². The second-order valence-electron chi connectivity index (χ2n) is 6.21. The molecule has 2 aromatic heterocycles. The van der Waals surface area contributed by atoms with Crippen LogP contribution < -0.4 is 10.1 Å². The Bertz CT molecular complexity index is 1270. The van der Waals surface area contributed by atoms with Gasteiger partial charge in [-0.05, 0) is 54.8 Å². The van der Waals surface area contributed by atoms with Crippen molar-refractivity contribution in [2.75, 3.05) is 7.11 Å². The van der Waals surface area contributed by atoms with Gasteiger partial charge in [0.2, 0.25) is 0 Å². The lowest BCUT2D eigenvalue weighted by atomic mass is 10.1. The summed E-state index contributed by atoms with van der Waals surface area (Å²) in [6, 6.07) is 11.0. The number of hydrogen-bond donors (Lipinski definition) is 0. The number of aryl methyl sites for hydroxylation is 2. The number of benzene rings is 2. The molecule has 4 aromatic rings. The molecule has 130 valence electrons. The Morgan fingerprint density at radius 2 is 1.92 bits per heavy atom. The van der Waals surface area contributed by atoms with Crippen LogP contribution in [0, 0.1) is 13.8 Å². The van der Waals surface area contributed by atoms with Crippen LogP contribution in [0.15, 0.2) is 41.2 Å². The van der Waals surface area contributed by atoms with Crippen LogP contribution in [-0.4, -0.2) is 22.5 Å². The first-order chi connectivity index (χ1) is 12.5. The number of rotatable bonds is 2. The standard InChI is InChI=1S/C20H16N2O3S/c1-11-8-12(2)17-15(9-11)22-18(23)16(26-20(22)21-17)10-13-4-6-14(7-5-13)19(24)25-3/h4-10H,1-3H3/b16-10-. The SMILES string of the molecule is COC(=O)c1ccc(/C=c2\sc3nc4c(C)cc(C)cc4n3c2=O)cc1. The van der Waals surface area contributed by atoms with Crippen LogP contribution >= 0.6 is 11.3 Å². The minimum Gasteiger partial charge on any atom is -0.465 e. The number of nitrogens with zero attached hydrogens (tertiary/aromatic N) is 2. The van der Waals surface area contributed by atoms with E-state index in [2.05, 4.69) is 11.1 Å². The van der Waals surface area contributed by atoms with E-state index in [1.54, 1.807) is 28.7 Å². The van der Waals surface area contributed by atoms with Crippen molar-refractivity contribution in [3.05, 3.63) is 73.5 Å². The van der Waals surface area contributed by atoms with Crippen molar-refractivity contribution in [3.63, 3.8) is 0 Å². The average molecular weight is 364 g/mol. The van der Waals surface area contributed by atoms with Crippen LogP contribution in [0.3, 0.4) is 0 Å². The van der Waals surface area contributed by atoms with E-state index in [0.29, 0.717) is 15.1 Å². The first-order valence-electron chi connectivity index (χ1n) is 8.10. The summed E-state index contributed by atoms with van der Waals surface area (Å²) < 4.78 is 6.98. The minimum atomic E-state index is -0.382. The van der Waals surface area contributed by atoms with Crippen molar-refractivity contribution < 1.29 is 9.53 Å². The highest BCUT2D eigenvalue weighted by Crippen LogP contribution is 2.21. The zero-order valence-electron chi connectivity index (χ0n) is 14.6. The van der Waals surface area contributed by atoms with Gasteiger partial charge in [-0.2, -0.15) is 0 Å². The minimum absolute atomic E-state index is 0.0745. The van der Waals surface area contributed by atoms with E-state index >= 15 is 0 Å². The quantitative estimate of drug-likeness (QED) is 0.513. The summed E-state index contributed by atoms with van der Waals surface area (Å²) in [5.74, 6) is -0.382. The molecule has 2 heterocycles. The van der Waals surface area contributed by atoms with Gasteiger partial charge in [0.1, 0.15) is 0 Å². The van der Waals surface area contributed by atoms with Gasteiger partial charge in [0, 0.05) is 0 Å². The van der Waals surface area contributed by atoms with Gasteiger partial charge in [-0.1, -0.05) is 29.5 Å². The summed E-state index contributed by atoms with van der Waals surface area (Å²) in [7, 11) is 1.35. The summed E-state index contributed by atoms with van der Waals surface area (Å²) in [4.78, 5) is 29.7. The van der Waals surface area contributed by atoms with E-state index < -0.39 is 0 Å². The fraction of sp³-hybridized carbons (Fsp3) is 0.150. The van der Waals surface area contributed by atoms with Gasteiger partial charge >= 0.3 is 5.97 Å². The molecule has 26 heavy (non-hydrogen) atoms. The Hall–Kier alpha value is -2.99. The molecule has 0 saturated carbocycles. The zero-order chi connectivity index (χ0) is 18.4. The fourth-order valence-electron chi connectivity index (χ4n) is 3.09. The Labute approximate surface area is 153 Å². The highest BCUT2D eigenvalue weighted by atomic mass is 32.1. The molecule has 0 bridgehead atoms. The smallest absolute Gasteiger partial charge is 0.337 e. The monoisotopic (exact) mass is 364 g/mol. The molecule has 0 aliphatic heterocycles. The van der Waals surface area contributed by atoms with Crippen LogP contribution in [0.25, 0.3) is 22.1 Å². The van der Waals surface area contributed by atoms with Crippen molar-refractivity contribution >= 4 is 39.4 Å². The van der Waals surface area contributed by atoms with Gasteiger partial charge < -0.3 is 4.74 Å². The number of imidazole rings is 1. The van der Waals surface area contributed by atoms with Gasteiger partial charge in [-0.25, -0.2) is 14.2 Å². The van der Waals surface area contributed by atoms with Crippen LogP contribution in [0.5, 0.6) is 0 Å². The Kier molecular flexibility index (Phi) is 3.85. The molecule has 0 N–H and O–H groups in total. The molecule has 0 amide bonds. The summed E-state index contributed by atoms with van der Waals surface area (Å²) in [5.41, 5.74) is 5.13. The number of carbonyl (C=O) groups is 1. The zero-order valence-corrected chi connectivity index (χ0v) is 15.4. The molecular formula is C20H16N2O3S. The van der Waals surface area contributed by atoms with Crippen LogP contribution in [-0.2, 0) is 4.74 Å². The number of esters is 1. The second kappa shape index (κ2) is 6.07. The molecule has 0 unspecified atom stereocenters. The number of methoxy groups -OCH3 is 1. The maximum absolute atomic E-state index is 12.9. The van der Waals surface area contributed by atoms with E-state index in [9.17, 15) is 9.59 Å². The summed E-state index contributed by atoms with van der Waals surface area (Å²) in [6.07, 6.45) is 1.82. The van der Waals surface area contributed by atoms with Crippen LogP contribution in [0.1, 0.15) is 27.0 Å². The molecule has 2 aromatic carbocycles. The van der Waals surface area contributed by atoms with Crippen molar-refractivity contribution in [3.8, 4) is 0 Å². The van der Waals surface area contributed by atoms with E-state index in [1.807, 2.05) is 26.0 Å². The molecule has 0 radical (unpaired) electrons. The molecule has 6 heteroatoms. The number of carbonyl (C=O) groups excluding carboxylic acids is 1. The highest BCUT2D eigenvalue weighted by Gasteiger charge is 2.13. The van der Waals surface area contributed by atoms with E-state index in [1.165, 1.54) is 18.4 Å². The Balaban J connectivity index is 1.87. The molecule has 0 spiro atoms. The maximum atomic E-state index is 12.9. The first-order valence-corrected chi connectivity index (χ1v) is 8.92. The average Bonchev–Trinajstić information content (AvgIpc) is 3.12. The fourth-order valence-corrected chi connectivity index (χ4v) is 4.07. The Morgan fingerprint density at radius 3 is 2.62 bits per heavy atom. The van der Waals surface area contributed by atoms with E-state index in [-0.39, 0.29) is 11.5 Å². The number of thiazole rings is 1. The van der Waals surface area contributed by atoms with Gasteiger partial charge in [-0.3, -0.25) is 4.79 Å². The normalized spacial score (nSPS) is 12.2. The lowest BCUT2D eigenvalue weighted by Gasteiger charge is -1.99. The van der Waals surface area contributed by atoms with Crippen molar-refractivity contribution in [2.45, 2.75) is 13.8 Å². The molecule has 0 fully saturated rings. The third-order valence-electron chi connectivity index (χ3n) is 4.31. The first kappa shape index (κ1) is 16.5. The third-order valence-corrected chi connectivity index (χ3v) is 5.28. The van der Waals surface area contributed by atoms with Crippen LogP contribution in [0.2, 0.25) is 0 Å². The molecule has 0 atom stereocenters. The van der Waals surface area contributed by atoms with Crippen molar-refractivity contribution in [2.24, 2.45) is 0 Å². The predicted molar refractivity (Wildman–Crippen MR) is 103 cm³/mol. The van der Waals surface area contributed by atoms with Crippen LogP contribution in [0.4, 0.5) is 0 Å². The summed E-state index contributed by atoms with van der Waals surface area (Å²) in [6.45, 7) is 4.02. The molecular weight excluding hydrogens is 348 g/mol. The van der Waals surface area contributed by atoms with E-state index in [0.717, 1.165) is 27.7 Å². The number of fused-ring (bicyclic) bond motifs is 3. The number of hydrogen-bond acceptors (Lipinski definition) is 5. The van der Waals surface area contributed by atoms with Crippen molar-refractivity contribution in [1.82, 2.24) is 9.38 Å². The topological polar surface area (TPSA) is 60.7 Å². The predicted octanol–water partition coefficient (Wildman–Crippen LogP) is 2.86. The maximum Gasteiger partial charge on any atom is 0.337 e. The molecule has 0 aliphatic rings. The molecule has 0 saturated heterocycles. The van der Waals surface area contributed by atoms with Gasteiger partial charge in [0.15, 0.2) is 4.96 Å². The number of aromatic nitrogens is 2. The van der Waals surface area contributed by atoms with Gasteiger partial charge in [-0.15, -0.1) is 0 Å². The highest BCUT2D eigenvalue weighted by molar-refractivity contribution is 7.15. The summed E-state index contributed by atoms with van der Waals surface area (Å²) >= 11 is 1.37. The summed E-state index contributed by atoms with van der Waals surface area (Å²) in [5, 5.41) is 0. The lowest BCUT2D eigenvalue weighted by Crippen LogP contribution is -2.22. The lowest BCUT2D eigenvalue weighted by molar-refractivity contribution is 0.0600. The largest absolute Gasteiger partial charge is 0.465 e. The second-order valence-corrected chi connectivity index (χ2v) is 7.22. The van der Waals surface area contributed by atoms with E-state index in [4.69, 9.17) is 4.74 Å². The molecule has 5 nitrogen and oxygen atoms in total. The third kappa shape index (κ3) is 2.59. The molecule has 0 aliphatic carbocycles. The van der Waals surface area contributed by atoms with Gasteiger partial charge in [0.05, 0.1) is 28.2 Å².